The number of rotatable bonds is 6. The van der Waals surface area contributed by atoms with Gasteiger partial charge in [-0.3, -0.25) is 4.79 Å². The van der Waals surface area contributed by atoms with Crippen LogP contribution in [0.2, 0.25) is 0 Å². The van der Waals surface area contributed by atoms with Crippen LogP contribution in [0.25, 0.3) is 0 Å². The first-order valence-electron chi connectivity index (χ1n) is 6.73. The average molecular weight is 307 g/mol. The number of nitrogens with zero attached hydrogens (tertiary/aromatic N) is 1. The molecule has 112 valence electrons. The van der Waals surface area contributed by atoms with Gasteiger partial charge in [0, 0.05) is 30.0 Å². The van der Waals surface area contributed by atoms with Crippen molar-refractivity contribution < 1.29 is 9.18 Å². The Bertz CT molecular complexity index is 614. The summed E-state index contributed by atoms with van der Waals surface area (Å²) in [6.45, 7) is 2.46. The molecule has 1 heterocycles. The summed E-state index contributed by atoms with van der Waals surface area (Å²) >= 11 is 1.37. The quantitative estimate of drug-likeness (QED) is 0.862. The Hall–Kier alpha value is -1.79. The van der Waals surface area contributed by atoms with E-state index in [0.717, 1.165) is 4.88 Å². The monoisotopic (exact) mass is 307 g/mol. The fourth-order valence-corrected chi connectivity index (χ4v) is 2.74. The summed E-state index contributed by atoms with van der Waals surface area (Å²) in [5, 5.41) is 6.29. The van der Waals surface area contributed by atoms with Gasteiger partial charge in [-0.05, 0) is 18.7 Å². The van der Waals surface area contributed by atoms with Gasteiger partial charge in [0.1, 0.15) is 5.82 Å². The van der Waals surface area contributed by atoms with Crippen molar-refractivity contribution in [2.75, 3.05) is 18.9 Å². The zero-order valence-corrected chi connectivity index (χ0v) is 12.8. The number of hydrogen-bond donors (Lipinski definition) is 2. The Morgan fingerprint density at radius 3 is 2.90 bits per heavy atom. The maximum Gasteiger partial charge on any atom is 0.230 e. The summed E-state index contributed by atoms with van der Waals surface area (Å²) in [7, 11) is 1.81. The number of carbonyl (C=O) groups is 1. The highest BCUT2D eigenvalue weighted by molar-refractivity contribution is 7.15. The van der Waals surface area contributed by atoms with Gasteiger partial charge in [-0.2, -0.15) is 0 Å². The molecule has 0 aliphatic heterocycles. The molecule has 1 aromatic carbocycles. The van der Waals surface area contributed by atoms with Crippen LogP contribution in [0.4, 0.5) is 9.52 Å². The number of hydrogen-bond acceptors (Lipinski definition) is 4. The number of anilines is 1. The first-order chi connectivity index (χ1) is 10.1. The number of nitrogens with one attached hydrogen (secondary N) is 2. The normalized spacial score (nSPS) is 12.1. The van der Waals surface area contributed by atoms with Crippen LogP contribution in [0.5, 0.6) is 0 Å². The molecule has 2 N–H and O–H groups in total. The highest BCUT2D eigenvalue weighted by Gasteiger charge is 2.14. The lowest BCUT2D eigenvalue weighted by atomic mass is 10.1. The molecule has 0 radical (unpaired) electrons. The van der Waals surface area contributed by atoms with E-state index in [1.54, 1.807) is 25.4 Å². The third-order valence-corrected chi connectivity index (χ3v) is 3.98. The summed E-state index contributed by atoms with van der Waals surface area (Å²) in [6.07, 6.45) is 2.15. The van der Waals surface area contributed by atoms with Crippen molar-refractivity contribution in [3.63, 3.8) is 0 Å². The number of benzene rings is 1. The molecule has 21 heavy (non-hydrogen) atoms. The molecule has 2 aromatic rings. The second-order valence-electron chi connectivity index (χ2n) is 4.85. The summed E-state index contributed by atoms with van der Waals surface area (Å²) in [6, 6.07) is 6.67. The largest absolute Gasteiger partial charge is 0.319 e. The molecule has 0 saturated heterocycles. The van der Waals surface area contributed by atoms with Crippen LogP contribution in [0, 0.1) is 11.7 Å². The van der Waals surface area contributed by atoms with Crippen molar-refractivity contribution in [3.05, 3.63) is 46.7 Å². The molecule has 0 aliphatic carbocycles. The summed E-state index contributed by atoms with van der Waals surface area (Å²) in [4.78, 5) is 17.0. The van der Waals surface area contributed by atoms with Gasteiger partial charge in [0.2, 0.25) is 5.91 Å². The van der Waals surface area contributed by atoms with E-state index in [4.69, 9.17) is 0 Å². The molecule has 6 heteroatoms. The second kappa shape index (κ2) is 7.28. The lowest BCUT2D eigenvalue weighted by Gasteiger charge is -2.09. The SMILES string of the molecule is CNCC(C)C(=O)Nc1ncc(Cc2ccccc2F)s1. The average Bonchev–Trinajstić information content (AvgIpc) is 2.89. The minimum absolute atomic E-state index is 0.0730. The van der Waals surface area contributed by atoms with E-state index in [9.17, 15) is 9.18 Å². The Balaban J connectivity index is 1.99. The first kappa shape index (κ1) is 15.6. The molecule has 0 fully saturated rings. The number of thiazole rings is 1. The van der Waals surface area contributed by atoms with Gasteiger partial charge in [0.05, 0.1) is 0 Å². The number of amides is 1. The van der Waals surface area contributed by atoms with Crippen LogP contribution in [0.3, 0.4) is 0 Å². The third kappa shape index (κ3) is 4.34. The van der Waals surface area contributed by atoms with Crippen LogP contribution in [-0.4, -0.2) is 24.5 Å². The molecule has 2 rings (SSSR count). The molecule has 1 unspecified atom stereocenters. The fourth-order valence-electron chi connectivity index (χ4n) is 1.90. The van der Waals surface area contributed by atoms with Gasteiger partial charge in [0.15, 0.2) is 5.13 Å². The highest BCUT2D eigenvalue weighted by atomic mass is 32.1. The Morgan fingerprint density at radius 2 is 2.19 bits per heavy atom. The van der Waals surface area contributed by atoms with E-state index in [-0.39, 0.29) is 17.6 Å². The molecular weight excluding hydrogens is 289 g/mol. The minimum atomic E-state index is -0.223. The molecular formula is C15H18FN3OS. The standard InChI is InChI=1S/C15H18FN3OS/c1-10(8-17-2)14(20)19-15-18-9-12(21-15)7-11-5-3-4-6-13(11)16/h3-6,9-10,17H,7-8H2,1-2H3,(H,18,19,20). The zero-order chi connectivity index (χ0) is 15.2. The maximum atomic E-state index is 13.6. The van der Waals surface area contributed by atoms with E-state index in [1.807, 2.05) is 13.0 Å². The van der Waals surface area contributed by atoms with Crippen molar-refractivity contribution in [3.8, 4) is 0 Å². The zero-order valence-electron chi connectivity index (χ0n) is 12.0. The highest BCUT2D eigenvalue weighted by Crippen LogP contribution is 2.22. The molecule has 0 saturated carbocycles. The van der Waals surface area contributed by atoms with Gasteiger partial charge < -0.3 is 10.6 Å². The topological polar surface area (TPSA) is 54.0 Å². The van der Waals surface area contributed by atoms with E-state index < -0.39 is 0 Å². The number of carbonyl (C=O) groups excluding carboxylic acids is 1. The number of halogens is 1. The van der Waals surface area contributed by atoms with Gasteiger partial charge in [0.25, 0.3) is 0 Å². The van der Waals surface area contributed by atoms with E-state index in [2.05, 4.69) is 15.6 Å². The third-order valence-electron chi connectivity index (χ3n) is 3.06. The van der Waals surface area contributed by atoms with Crippen LogP contribution >= 0.6 is 11.3 Å². The maximum absolute atomic E-state index is 13.6. The van der Waals surface area contributed by atoms with Gasteiger partial charge in [-0.15, -0.1) is 11.3 Å². The van der Waals surface area contributed by atoms with E-state index in [1.165, 1.54) is 17.4 Å². The molecule has 1 amide bonds. The van der Waals surface area contributed by atoms with Crippen LogP contribution in [-0.2, 0) is 11.2 Å². The fraction of sp³-hybridized carbons (Fsp3) is 0.333. The van der Waals surface area contributed by atoms with E-state index in [0.29, 0.717) is 23.7 Å². The predicted molar refractivity (Wildman–Crippen MR) is 83.0 cm³/mol. The predicted octanol–water partition coefficient (Wildman–Crippen LogP) is 2.67. The lowest BCUT2D eigenvalue weighted by molar-refractivity contribution is -0.119. The van der Waals surface area contributed by atoms with Crippen molar-refractivity contribution in [1.82, 2.24) is 10.3 Å². The molecule has 1 atom stereocenters. The molecule has 1 aromatic heterocycles. The second-order valence-corrected chi connectivity index (χ2v) is 5.96. The van der Waals surface area contributed by atoms with Crippen molar-refractivity contribution in [2.24, 2.45) is 5.92 Å². The van der Waals surface area contributed by atoms with Gasteiger partial charge in [-0.1, -0.05) is 25.1 Å². The molecule has 0 bridgehead atoms. The van der Waals surface area contributed by atoms with Crippen LogP contribution in [0.15, 0.2) is 30.5 Å². The van der Waals surface area contributed by atoms with Crippen molar-refractivity contribution in [2.45, 2.75) is 13.3 Å². The summed E-state index contributed by atoms with van der Waals surface area (Å²) in [5.74, 6) is -0.427. The molecule has 0 spiro atoms. The van der Waals surface area contributed by atoms with Crippen LogP contribution in [0.1, 0.15) is 17.4 Å². The Kier molecular flexibility index (Phi) is 5.41. The Morgan fingerprint density at radius 1 is 1.43 bits per heavy atom. The van der Waals surface area contributed by atoms with Crippen molar-refractivity contribution >= 4 is 22.4 Å². The summed E-state index contributed by atoms with van der Waals surface area (Å²) < 4.78 is 13.6. The molecule has 4 nitrogen and oxygen atoms in total. The molecule has 0 aliphatic rings. The van der Waals surface area contributed by atoms with E-state index >= 15 is 0 Å². The first-order valence-corrected chi connectivity index (χ1v) is 7.55. The number of aromatic nitrogens is 1. The lowest BCUT2D eigenvalue weighted by Crippen LogP contribution is -2.28. The van der Waals surface area contributed by atoms with Crippen LogP contribution < -0.4 is 10.6 Å². The summed E-state index contributed by atoms with van der Waals surface area (Å²) in [5.41, 5.74) is 0.627. The smallest absolute Gasteiger partial charge is 0.230 e. The van der Waals surface area contributed by atoms with Crippen molar-refractivity contribution in [1.29, 1.82) is 0 Å². The minimum Gasteiger partial charge on any atom is -0.319 e. The van der Waals surface area contributed by atoms with Gasteiger partial charge >= 0.3 is 0 Å². The van der Waals surface area contributed by atoms with Gasteiger partial charge in [-0.25, -0.2) is 9.37 Å². The Labute approximate surface area is 127 Å².